The number of ether oxygens (including phenoxy) is 1. The van der Waals surface area contributed by atoms with E-state index >= 15 is 0 Å². The number of carbonyl (C=O) groups is 1. The van der Waals surface area contributed by atoms with Gasteiger partial charge in [-0.2, -0.15) is 8.42 Å². The van der Waals surface area contributed by atoms with Crippen molar-refractivity contribution in [2.45, 2.75) is 78.0 Å². The SMILES string of the molecule is C[C@H]1CC[C@H]2C(C)(C)[C@@H](OS(=O)(=O)O)CC[C@]23Oc2c(c(O)cc4c2CNC4=O)C[C@]13C. The lowest BCUT2D eigenvalue weighted by molar-refractivity contribution is -0.230. The van der Waals surface area contributed by atoms with Crippen LogP contribution < -0.4 is 10.1 Å². The molecule has 2 saturated carbocycles. The van der Waals surface area contributed by atoms with E-state index in [-0.39, 0.29) is 23.0 Å². The minimum Gasteiger partial charge on any atom is -0.508 e. The van der Waals surface area contributed by atoms with Gasteiger partial charge in [-0.15, -0.1) is 0 Å². The van der Waals surface area contributed by atoms with Crippen molar-refractivity contribution in [1.82, 2.24) is 5.32 Å². The largest absolute Gasteiger partial charge is 0.508 e. The number of nitrogens with one attached hydrogen (secondary N) is 1. The van der Waals surface area contributed by atoms with E-state index in [1.165, 1.54) is 0 Å². The molecule has 176 valence electrons. The minimum atomic E-state index is -4.58. The fourth-order valence-electron chi connectivity index (χ4n) is 7.26. The number of rotatable bonds is 2. The molecular formula is C23H31NO7S. The molecule has 2 heterocycles. The predicted octanol–water partition coefficient (Wildman–Crippen LogP) is 3.37. The van der Waals surface area contributed by atoms with Gasteiger partial charge < -0.3 is 15.2 Å². The molecule has 3 N–H and O–H groups in total. The summed E-state index contributed by atoms with van der Waals surface area (Å²) in [5, 5.41) is 13.6. The van der Waals surface area contributed by atoms with Crippen molar-refractivity contribution >= 4 is 16.3 Å². The molecule has 0 bridgehead atoms. The Kier molecular flexibility index (Phi) is 4.54. The summed E-state index contributed by atoms with van der Waals surface area (Å²) in [6, 6.07) is 1.55. The standard InChI is InChI=1S/C23H31NO7S/c1-12-5-6-17-21(2,3)18(31-32(27,28)29)7-8-23(17)22(12,4)10-14-16(25)9-13-15(19(14)30-23)11-24-20(13)26/h9,12,17-18,25H,5-8,10-11H2,1-4H3,(H,24,26)(H,27,28,29)/t12-,17-,18-,22+,23-/m0/s1. The first-order chi connectivity index (χ1) is 14.8. The molecule has 0 saturated heterocycles. The second-order valence-corrected chi connectivity index (χ2v) is 11.9. The van der Waals surface area contributed by atoms with Gasteiger partial charge in [-0.05, 0) is 49.5 Å². The maximum Gasteiger partial charge on any atom is 0.397 e. The highest BCUT2D eigenvalue weighted by atomic mass is 32.3. The number of fused-ring (bicyclic) bond motifs is 3. The van der Waals surface area contributed by atoms with Crippen LogP contribution in [0.15, 0.2) is 6.07 Å². The van der Waals surface area contributed by atoms with Crippen molar-refractivity contribution in [3.8, 4) is 11.5 Å². The molecule has 1 spiro atoms. The number of benzene rings is 1. The van der Waals surface area contributed by atoms with Gasteiger partial charge in [0, 0.05) is 29.0 Å². The van der Waals surface area contributed by atoms with E-state index < -0.39 is 27.5 Å². The zero-order chi connectivity index (χ0) is 23.3. The van der Waals surface area contributed by atoms with E-state index in [1.54, 1.807) is 6.07 Å². The Morgan fingerprint density at radius 1 is 1.19 bits per heavy atom. The van der Waals surface area contributed by atoms with E-state index in [4.69, 9.17) is 8.92 Å². The molecule has 0 unspecified atom stereocenters. The fourth-order valence-corrected chi connectivity index (χ4v) is 7.89. The summed E-state index contributed by atoms with van der Waals surface area (Å²) in [6.07, 6.45) is 2.71. The molecule has 1 amide bonds. The first-order valence-electron chi connectivity index (χ1n) is 11.3. The Labute approximate surface area is 188 Å². The monoisotopic (exact) mass is 465 g/mol. The Morgan fingerprint density at radius 3 is 2.59 bits per heavy atom. The number of carbonyl (C=O) groups excluding carboxylic acids is 1. The van der Waals surface area contributed by atoms with Gasteiger partial charge in [0.2, 0.25) is 0 Å². The van der Waals surface area contributed by atoms with Crippen LogP contribution in [0.2, 0.25) is 0 Å². The van der Waals surface area contributed by atoms with Gasteiger partial charge in [0.25, 0.3) is 5.91 Å². The van der Waals surface area contributed by atoms with Crippen LogP contribution in [-0.4, -0.2) is 35.7 Å². The van der Waals surface area contributed by atoms with Crippen molar-refractivity contribution < 1.29 is 31.8 Å². The number of phenolic OH excluding ortho intramolecular Hbond substituents is 1. The molecule has 5 rings (SSSR count). The topological polar surface area (TPSA) is 122 Å². The van der Waals surface area contributed by atoms with E-state index in [2.05, 4.69) is 19.2 Å². The highest BCUT2D eigenvalue weighted by molar-refractivity contribution is 7.80. The third-order valence-corrected chi connectivity index (χ3v) is 9.69. The molecule has 9 heteroatoms. The van der Waals surface area contributed by atoms with Gasteiger partial charge in [0.1, 0.15) is 17.1 Å². The van der Waals surface area contributed by atoms with Crippen LogP contribution in [0.3, 0.4) is 0 Å². The van der Waals surface area contributed by atoms with Crippen LogP contribution in [0.5, 0.6) is 11.5 Å². The molecular weight excluding hydrogens is 434 g/mol. The summed E-state index contributed by atoms with van der Waals surface area (Å²) in [4.78, 5) is 12.3. The van der Waals surface area contributed by atoms with Crippen LogP contribution in [-0.2, 0) is 27.5 Å². The van der Waals surface area contributed by atoms with Gasteiger partial charge in [0.05, 0.1) is 11.7 Å². The summed E-state index contributed by atoms with van der Waals surface area (Å²) in [5.41, 5.74) is 0.490. The number of hydrogen-bond acceptors (Lipinski definition) is 6. The summed E-state index contributed by atoms with van der Waals surface area (Å²) >= 11 is 0. The van der Waals surface area contributed by atoms with E-state index in [0.29, 0.717) is 43.0 Å². The highest BCUT2D eigenvalue weighted by Gasteiger charge is 2.68. The molecule has 2 fully saturated rings. The molecule has 0 aromatic heterocycles. The first kappa shape index (κ1) is 22.0. The Balaban J connectivity index is 1.66. The van der Waals surface area contributed by atoms with E-state index in [0.717, 1.165) is 24.0 Å². The zero-order valence-corrected chi connectivity index (χ0v) is 19.7. The number of amides is 1. The summed E-state index contributed by atoms with van der Waals surface area (Å²) in [7, 11) is -4.58. The average Bonchev–Trinajstić information content (AvgIpc) is 3.04. The lowest BCUT2D eigenvalue weighted by Gasteiger charge is -2.67. The van der Waals surface area contributed by atoms with Crippen molar-refractivity contribution in [1.29, 1.82) is 0 Å². The highest BCUT2D eigenvalue weighted by Crippen LogP contribution is 2.67. The Hall–Kier alpha value is -1.84. The van der Waals surface area contributed by atoms with Crippen LogP contribution >= 0.6 is 0 Å². The quantitative estimate of drug-likeness (QED) is 0.572. The summed E-state index contributed by atoms with van der Waals surface area (Å²) in [5.74, 6) is 0.748. The molecule has 1 aromatic rings. The number of hydrogen-bond donors (Lipinski definition) is 3. The van der Waals surface area contributed by atoms with Crippen molar-refractivity contribution in [2.75, 3.05) is 0 Å². The Morgan fingerprint density at radius 2 is 1.91 bits per heavy atom. The second-order valence-electron chi connectivity index (χ2n) is 10.9. The molecule has 0 radical (unpaired) electrons. The third kappa shape index (κ3) is 2.80. The van der Waals surface area contributed by atoms with Gasteiger partial charge in [0.15, 0.2) is 0 Å². The number of phenols is 1. The normalized spacial score (nSPS) is 37.4. The van der Waals surface area contributed by atoms with Crippen molar-refractivity contribution in [2.24, 2.45) is 22.7 Å². The molecule has 8 nitrogen and oxygen atoms in total. The van der Waals surface area contributed by atoms with Crippen molar-refractivity contribution in [3.63, 3.8) is 0 Å². The molecule has 2 aliphatic heterocycles. The minimum absolute atomic E-state index is 0.0343. The molecule has 4 aliphatic rings. The van der Waals surface area contributed by atoms with E-state index in [1.807, 2.05) is 13.8 Å². The maximum absolute atomic E-state index is 12.3. The van der Waals surface area contributed by atoms with Crippen LogP contribution in [0.4, 0.5) is 0 Å². The molecule has 2 aliphatic carbocycles. The van der Waals surface area contributed by atoms with Crippen LogP contribution in [0.1, 0.15) is 74.9 Å². The zero-order valence-electron chi connectivity index (χ0n) is 18.9. The molecule has 32 heavy (non-hydrogen) atoms. The number of aromatic hydroxyl groups is 1. The lowest BCUT2D eigenvalue weighted by atomic mass is 9.43. The third-order valence-electron chi connectivity index (χ3n) is 9.21. The first-order valence-corrected chi connectivity index (χ1v) is 12.7. The average molecular weight is 466 g/mol. The van der Waals surface area contributed by atoms with Crippen LogP contribution in [0, 0.1) is 22.7 Å². The molecule has 1 aromatic carbocycles. The van der Waals surface area contributed by atoms with Gasteiger partial charge >= 0.3 is 10.4 Å². The van der Waals surface area contributed by atoms with Crippen LogP contribution in [0.25, 0.3) is 0 Å². The fraction of sp³-hybridized carbons (Fsp3) is 0.696. The lowest BCUT2D eigenvalue weighted by Crippen LogP contribution is -2.70. The maximum atomic E-state index is 12.3. The molecule has 5 atom stereocenters. The van der Waals surface area contributed by atoms with E-state index in [9.17, 15) is 22.9 Å². The van der Waals surface area contributed by atoms with Gasteiger partial charge in [-0.3, -0.25) is 9.35 Å². The van der Waals surface area contributed by atoms with Crippen molar-refractivity contribution in [3.05, 3.63) is 22.8 Å². The predicted molar refractivity (Wildman–Crippen MR) is 116 cm³/mol. The smallest absolute Gasteiger partial charge is 0.397 e. The van der Waals surface area contributed by atoms with Gasteiger partial charge in [-0.25, -0.2) is 4.18 Å². The second kappa shape index (κ2) is 6.61. The Bertz CT molecular complexity index is 1110. The van der Waals surface area contributed by atoms with Gasteiger partial charge in [-0.1, -0.05) is 27.7 Å². The summed E-state index contributed by atoms with van der Waals surface area (Å²) in [6.45, 7) is 8.77. The summed E-state index contributed by atoms with van der Waals surface area (Å²) < 4.78 is 44.5.